The minimum absolute atomic E-state index is 0.0845. The Balaban J connectivity index is 2.44. The van der Waals surface area contributed by atoms with Crippen LogP contribution in [0.2, 0.25) is 18.1 Å². The van der Waals surface area contributed by atoms with Crippen LogP contribution in [-0.4, -0.2) is 20.0 Å². The highest BCUT2D eigenvalue weighted by Gasteiger charge is 2.58. The molecule has 0 fully saturated rings. The first kappa shape index (κ1) is 15.3. The Hall–Kier alpha value is -1.07. The van der Waals surface area contributed by atoms with Gasteiger partial charge in [-0.25, -0.2) is 0 Å². The molecule has 5 heteroatoms. The van der Waals surface area contributed by atoms with Crippen LogP contribution in [0.1, 0.15) is 42.8 Å². The normalized spacial score (nSPS) is 21.9. The number of Topliss-reactive ketones (excluding diaryl/α,β-unsaturated/α-hetero) is 1. The minimum Gasteiger partial charge on any atom is -0.404 e. The van der Waals surface area contributed by atoms with Crippen LogP contribution in [0.5, 0.6) is 0 Å². The molecule has 0 heterocycles. The summed E-state index contributed by atoms with van der Waals surface area (Å²) in [5, 5.41) is -0.191. The van der Waals surface area contributed by atoms with Gasteiger partial charge in [0.2, 0.25) is 5.78 Å². The molecule has 20 heavy (non-hydrogen) atoms. The van der Waals surface area contributed by atoms with Crippen LogP contribution < -0.4 is 0 Å². The molecule has 0 aliphatic heterocycles. The maximum atomic E-state index is 14.3. The topological polar surface area (TPSA) is 26.3 Å². The van der Waals surface area contributed by atoms with Crippen molar-refractivity contribution in [3.8, 4) is 0 Å². The smallest absolute Gasteiger partial charge is 0.338 e. The predicted molar refractivity (Wildman–Crippen MR) is 76.7 cm³/mol. The van der Waals surface area contributed by atoms with Gasteiger partial charge < -0.3 is 4.43 Å². The molecule has 0 spiro atoms. The van der Waals surface area contributed by atoms with Crippen LogP contribution in [0.25, 0.3) is 0 Å². The first-order valence-corrected chi connectivity index (χ1v) is 9.58. The van der Waals surface area contributed by atoms with E-state index >= 15 is 0 Å². The van der Waals surface area contributed by atoms with Crippen molar-refractivity contribution >= 4 is 14.1 Å². The quantitative estimate of drug-likeness (QED) is 0.747. The third-order valence-corrected chi connectivity index (χ3v) is 8.78. The molecule has 2 rings (SSSR count). The molecule has 0 N–H and O–H groups in total. The van der Waals surface area contributed by atoms with Crippen LogP contribution in [0.4, 0.5) is 8.78 Å². The number of carbonyl (C=O) groups excluding carboxylic acids is 1. The maximum absolute atomic E-state index is 14.3. The minimum atomic E-state index is -3.47. The molecule has 1 aromatic carbocycles. The SMILES string of the molecule is CC(C)(C)[Si](C)(C)O[C@H]1c2ccccc2C(=O)C1(F)F. The van der Waals surface area contributed by atoms with Gasteiger partial charge in [-0.05, 0) is 23.7 Å². The van der Waals surface area contributed by atoms with E-state index in [1.165, 1.54) is 6.07 Å². The Labute approximate surface area is 119 Å². The zero-order chi connectivity index (χ0) is 15.3. The summed E-state index contributed by atoms with van der Waals surface area (Å²) in [6, 6.07) is 6.27. The van der Waals surface area contributed by atoms with Crippen LogP contribution in [0.3, 0.4) is 0 Å². The van der Waals surface area contributed by atoms with Crippen LogP contribution in [0, 0.1) is 0 Å². The van der Waals surface area contributed by atoms with E-state index in [2.05, 4.69) is 0 Å². The van der Waals surface area contributed by atoms with Crippen LogP contribution in [0.15, 0.2) is 24.3 Å². The lowest BCUT2D eigenvalue weighted by Gasteiger charge is -2.39. The molecule has 1 aromatic rings. The third-order valence-electron chi connectivity index (χ3n) is 4.34. The second-order valence-corrected chi connectivity index (χ2v) is 11.6. The Morgan fingerprint density at radius 1 is 1.20 bits per heavy atom. The second-order valence-electron chi connectivity index (χ2n) is 6.80. The number of fused-ring (bicyclic) bond motifs is 1. The van der Waals surface area contributed by atoms with Crippen molar-refractivity contribution in [3.05, 3.63) is 35.4 Å². The van der Waals surface area contributed by atoms with E-state index < -0.39 is 26.1 Å². The van der Waals surface area contributed by atoms with E-state index in [0.717, 1.165) is 0 Å². The van der Waals surface area contributed by atoms with Crippen LogP contribution >= 0.6 is 0 Å². The fourth-order valence-corrected chi connectivity index (χ4v) is 3.25. The molecular weight excluding hydrogens is 278 g/mol. The summed E-state index contributed by atoms with van der Waals surface area (Å²) in [5.74, 6) is -4.60. The summed E-state index contributed by atoms with van der Waals surface area (Å²) in [7, 11) is -2.39. The highest BCUT2D eigenvalue weighted by atomic mass is 28.4. The van der Waals surface area contributed by atoms with Gasteiger partial charge in [-0.2, -0.15) is 8.78 Å². The molecule has 0 aromatic heterocycles. The lowest BCUT2D eigenvalue weighted by atomic mass is 10.1. The summed E-state index contributed by atoms with van der Waals surface area (Å²) in [6.07, 6.45) is -1.45. The highest BCUT2D eigenvalue weighted by Crippen LogP contribution is 2.49. The van der Waals surface area contributed by atoms with Gasteiger partial charge in [-0.1, -0.05) is 45.0 Å². The summed E-state index contributed by atoms with van der Waals surface area (Å²) >= 11 is 0. The largest absolute Gasteiger partial charge is 0.404 e. The average Bonchev–Trinajstić information content (AvgIpc) is 2.50. The van der Waals surface area contributed by atoms with Crippen molar-refractivity contribution < 1.29 is 18.0 Å². The van der Waals surface area contributed by atoms with Crippen molar-refractivity contribution in [1.82, 2.24) is 0 Å². The van der Waals surface area contributed by atoms with Gasteiger partial charge in [0.25, 0.3) is 0 Å². The summed E-state index contributed by atoms with van der Waals surface area (Å²) in [6.45, 7) is 9.78. The molecule has 0 amide bonds. The summed E-state index contributed by atoms with van der Waals surface area (Å²) in [4.78, 5) is 11.8. The van der Waals surface area contributed by atoms with E-state index in [-0.39, 0.29) is 10.6 Å². The van der Waals surface area contributed by atoms with Gasteiger partial charge in [0.05, 0.1) is 0 Å². The summed E-state index contributed by atoms with van der Waals surface area (Å²) < 4.78 is 34.4. The number of alkyl halides is 2. The number of rotatable bonds is 2. The first-order chi connectivity index (χ1) is 8.98. The van der Waals surface area contributed by atoms with E-state index in [1.807, 2.05) is 33.9 Å². The zero-order valence-electron chi connectivity index (χ0n) is 12.5. The van der Waals surface area contributed by atoms with Gasteiger partial charge in [0.15, 0.2) is 8.32 Å². The van der Waals surface area contributed by atoms with E-state index in [4.69, 9.17) is 4.43 Å². The standard InChI is InChI=1S/C15H20F2O2Si/c1-14(2,3)20(4,5)19-13-11-9-7-6-8-10(11)12(18)15(13,16)17/h6-9,13H,1-5H3/t13-/m0/s1. The zero-order valence-corrected chi connectivity index (χ0v) is 13.5. The number of benzene rings is 1. The first-order valence-electron chi connectivity index (χ1n) is 6.68. The molecule has 1 atom stereocenters. The molecule has 0 bridgehead atoms. The molecule has 0 unspecified atom stereocenters. The molecule has 0 saturated carbocycles. The van der Waals surface area contributed by atoms with Crippen molar-refractivity contribution in [3.63, 3.8) is 0 Å². The molecule has 110 valence electrons. The highest BCUT2D eigenvalue weighted by molar-refractivity contribution is 6.74. The van der Waals surface area contributed by atoms with E-state index in [9.17, 15) is 13.6 Å². The molecule has 0 radical (unpaired) electrons. The number of hydrogen-bond acceptors (Lipinski definition) is 2. The summed E-state index contributed by atoms with van der Waals surface area (Å²) in [5.41, 5.74) is 0.397. The van der Waals surface area contributed by atoms with Crippen molar-refractivity contribution in [2.24, 2.45) is 0 Å². The lowest BCUT2D eigenvalue weighted by molar-refractivity contribution is -0.0645. The molecule has 2 nitrogen and oxygen atoms in total. The number of ketones is 1. The number of carbonyl (C=O) groups is 1. The Morgan fingerprint density at radius 2 is 1.75 bits per heavy atom. The maximum Gasteiger partial charge on any atom is 0.338 e. The fourth-order valence-electron chi connectivity index (χ4n) is 2.04. The van der Waals surface area contributed by atoms with Gasteiger partial charge in [-0.15, -0.1) is 0 Å². The monoisotopic (exact) mass is 298 g/mol. The molecular formula is C15H20F2O2Si. The van der Waals surface area contributed by atoms with Gasteiger partial charge in [0.1, 0.15) is 6.10 Å². The van der Waals surface area contributed by atoms with E-state index in [1.54, 1.807) is 18.2 Å². The fraction of sp³-hybridized carbons (Fsp3) is 0.533. The van der Waals surface area contributed by atoms with Crippen molar-refractivity contribution in [2.45, 2.75) is 50.9 Å². The lowest BCUT2D eigenvalue weighted by Crippen LogP contribution is -2.45. The van der Waals surface area contributed by atoms with Gasteiger partial charge >= 0.3 is 5.92 Å². The molecule has 0 saturated heterocycles. The van der Waals surface area contributed by atoms with E-state index in [0.29, 0.717) is 5.56 Å². The van der Waals surface area contributed by atoms with Crippen LogP contribution in [-0.2, 0) is 4.43 Å². The van der Waals surface area contributed by atoms with Gasteiger partial charge in [0, 0.05) is 5.56 Å². The molecule has 1 aliphatic rings. The van der Waals surface area contributed by atoms with Crippen molar-refractivity contribution in [1.29, 1.82) is 0 Å². The molecule has 1 aliphatic carbocycles. The number of halogens is 2. The second kappa shape index (κ2) is 4.46. The van der Waals surface area contributed by atoms with Crippen molar-refractivity contribution in [2.75, 3.05) is 0 Å². The van der Waals surface area contributed by atoms with Gasteiger partial charge in [-0.3, -0.25) is 4.79 Å². The Morgan fingerprint density at radius 3 is 2.30 bits per heavy atom. The third kappa shape index (κ3) is 2.23. The average molecular weight is 298 g/mol. The number of hydrogen-bond donors (Lipinski definition) is 0. The predicted octanol–water partition coefficient (Wildman–Crippen LogP) is 4.58. The Bertz CT molecular complexity index is 547. The Kier molecular flexibility index (Phi) is 3.42.